The average Bonchev–Trinajstić information content (AvgIpc) is 2.15. The van der Waals surface area contributed by atoms with E-state index in [1.165, 1.54) is 0 Å². The van der Waals surface area contributed by atoms with Gasteiger partial charge in [0.15, 0.2) is 5.78 Å². The molecule has 0 fully saturated rings. The number of hydrogen-bond acceptors (Lipinski definition) is 2. The van der Waals surface area contributed by atoms with Gasteiger partial charge in [-0.25, -0.2) is 8.78 Å². The van der Waals surface area contributed by atoms with Crippen molar-refractivity contribution in [1.29, 1.82) is 0 Å². The van der Waals surface area contributed by atoms with Crippen LogP contribution in [0.25, 0.3) is 0 Å². The molecule has 0 unspecified atom stereocenters. The van der Waals surface area contributed by atoms with Crippen molar-refractivity contribution in [3.05, 3.63) is 28.8 Å². The molecule has 0 heterocycles. The summed E-state index contributed by atoms with van der Waals surface area (Å²) in [4.78, 5) is 11.0. The van der Waals surface area contributed by atoms with Gasteiger partial charge in [0, 0.05) is 11.1 Å². The summed E-state index contributed by atoms with van der Waals surface area (Å²) in [5.41, 5.74) is 1.14. The Labute approximate surface area is 93.2 Å². The first kappa shape index (κ1) is 13.4. The predicted molar refractivity (Wildman–Crippen MR) is 50.8 cm³/mol. The Morgan fingerprint density at radius 1 is 1.29 bits per heavy atom. The lowest BCUT2D eigenvalue weighted by Crippen LogP contribution is -2.13. The Morgan fingerprint density at radius 2 is 1.82 bits per heavy atom. The number of halogens is 5. The van der Waals surface area contributed by atoms with Crippen molar-refractivity contribution in [2.75, 3.05) is 5.73 Å². The standard InChI is InChI=1S/C10H8F5NO/c1-4(17)5-2-6(9(11)12)8(16)7(3-5)10(13,14)15/h2-3,9H,16H2,1H3. The first-order chi connectivity index (χ1) is 7.64. The van der Waals surface area contributed by atoms with Crippen LogP contribution >= 0.6 is 0 Å². The Bertz CT molecular complexity index is 453. The Kier molecular flexibility index (Phi) is 3.40. The van der Waals surface area contributed by atoms with Crippen LogP contribution in [0, 0.1) is 0 Å². The van der Waals surface area contributed by atoms with Crippen molar-refractivity contribution in [2.45, 2.75) is 19.5 Å². The number of carbonyl (C=O) groups is 1. The molecule has 0 bridgehead atoms. The number of Topliss-reactive ketones (excluding diaryl/α,β-unsaturated/α-hetero) is 1. The van der Waals surface area contributed by atoms with E-state index in [0.717, 1.165) is 6.92 Å². The van der Waals surface area contributed by atoms with Gasteiger partial charge in [-0.2, -0.15) is 13.2 Å². The summed E-state index contributed by atoms with van der Waals surface area (Å²) in [6, 6.07) is 1.15. The minimum Gasteiger partial charge on any atom is -0.398 e. The van der Waals surface area contributed by atoms with E-state index in [9.17, 15) is 26.7 Å². The fourth-order valence-corrected chi connectivity index (χ4v) is 1.29. The van der Waals surface area contributed by atoms with Gasteiger partial charge in [0.2, 0.25) is 0 Å². The van der Waals surface area contributed by atoms with Crippen molar-refractivity contribution in [3.8, 4) is 0 Å². The highest BCUT2D eigenvalue weighted by atomic mass is 19.4. The summed E-state index contributed by atoms with van der Waals surface area (Å²) in [6.07, 6.45) is -8.05. The van der Waals surface area contributed by atoms with Crippen molar-refractivity contribution in [1.82, 2.24) is 0 Å². The molecule has 0 radical (unpaired) electrons. The van der Waals surface area contributed by atoms with E-state index in [0.29, 0.717) is 12.1 Å². The van der Waals surface area contributed by atoms with Gasteiger partial charge in [0.05, 0.1) is 11.3 Å². The molecular formula is C10H8F5NO. The van der Waals surface area contributed by atoms with Crippen LogP contribution in [-0.2, 0) is 6.18 Å². The number of carbonyl (C=O) groups excluding carboxylic acids is 1. The number of benzene rings is 1. The van der Waals surface area contributed by atoms with Crippen LogP contribution in [0.5, 0.6) is 0 Å². The van der Waals surface area contributed by atoms with Gasteiger partial charge < -0.3 is 5.73 Å². The number of nitrogen functional groups attached to an aromatic ring is 1. The van der Waals surface area contributed by atoms with Gasteiger partial charge in [-0.3, -0.25) is 4.79 Å². The van der Waals surface area contributed by atoms with Gasteiger partial charge in [-0.05, 0) is 19.1 Å². The SMILES string of the molecule is CC(=O)c1cc(C(F)F)c(N)c(C(F)(F)F)c1. The maximum absolute atomic E-state index is 12.5. The molecule has 7 heteroatoms. The van der Waals surface area contributed by atoms with Gasteiger partial charge in [0.25, 0.3) is 6.43 Å². The van der Waals surface area contributed by atoms with E-state index in [4.69, 9.17) is 5.73 Å². The van der Waals surface area contributed by atoms with Gasteiger partial charge in [-0.15, -0.1) is 0 Å². The fourth-order valence-electron chi connectivity index (χ4n) is 1.29. The summed E-state index contributed by atoms with van der Waals surface area (Å²) in [7, 11) is 0. The Balaban J connectivity index is 3.55. The molecule has 1 aromatic rings. The first-order valence-corrected chi connectivity index (χ1v) is 4.44. The lowest BCUT2D eigenvalue weighted by Gasteiger charge is -2.14. The van der Waals surface area contributed by atoms with Gasteiger partial charge in [-0.1, -0.05) is 0 Å². The molecule has 2 nitrogen and oxygen atoms in total. The molecule has 1 aromatic carbocycles. The van der Waals surface area contributed by atoms with E-state index in [1.807, 2.05) is 0 Å². The lowest BCUT2D eigenvalue weighted by molar-refractivity contribution is -0.137. The van der Waals surface area contributed by atoms with Crippen molar-refractivity contribution < 1.29 is 26.7 Å². The largest absolute Gasteiger partial charge is 0.418 e. The third kappa shape index (κ3) is 2.72. The zero-order valence-electron chi connectivity index (χ0n) is 8.61. The number of rotatable bonds is 2. The molecule has 1 rings (SSSR count). The fraction of sp³-hybridized carbons (Fsp3) is 0.300. The second-order valence-electron chi connectivity index (χ2n) is 3.38. The van der Waals surface area contributed by atoms with Crippen molar-refractivity contribution >= 4 is 11.5 Å². The van der Waals surface area contributed by atoms with Crippen molar-refractivity contribution in [3.63, 3.8) is 0 Å². The zero-order valence-corrected chi connectivity index (χ0v) is 8.61. The number of ketones is 1. The molecule has 0 aromatic heterocycles. The molecule has 0 aliphatic heterocycles. The minimum absolute atomic E-state index is 0.443. The highest BCUT2D eigenvalue weighted by Crippen LogP contribution is 2.38. The first-order valence-electron chi connectivity index (χ1n) is 4.44. The van der Waals surface area contributed by atoms with Gasteiger partial charge in [0.1, 0.15) is 0 Å². The normalized spacial score (nSPS) is 11.9. The van der Waals surface area contributed by atoms with Gasteiger partial charge >= 0.3 is 6.18 Å². The summed E-state index contributed by atoms with van der Waals surface area (Å²) in [5.74, 6) is -0.739. The third-order valence-electron chi connectivity index (χ3n) is 2.16. The summed E-state index contributed by atoms with van der Waals surface area (Å²) < 4.78 is 62.5. The average molecular weight is 253 g/mol. The third-order valence-corrected chi connectivity index (χ3v) is 2.16. The molecular weight excluding hydrogens is 245 g/mol. The van der Waals surface area contributed by atoms with Crippen LogP contribution in [0.3, 0.4) is 0 Å². The smallest absolute Gasteiger partial charge is 0.398 e. The zero-order chi connectivity index (χ0) is 13.4. The molecule has 0 amide bonds. The number of nitrogens with two attached hydrogens (primary N) is 1. The maximum Gasteiger partial charge on any atom is 0.418 e. The maximum atomic E-state index is 12.5. The number of anilines is 1. The van der Waals surface area contributed by atoms with Crippen LogP contribution in [0.2, 0.25) is 0 Å². The topological polar surface area (TPSA) is 43.1 Å². The van der Waals surface area contributed by atoms with E-state index in [-0.39, 0.29) is 0 Å². The molecule has 0 spiro atoms. The Morgan fingerprint density at radius 3 is 2.18 bits per heavy atom. The van der Waals surface area contributed by atoms with Crippen LogP contribution < -0.4 is 5.73 Å². The van der Waals surface area contributed by atoms with E-state index < -0.39 is 40.8 Å². The van der Waals surface area contributed by atoms with E-state index in [1.54, 1.807) is 0 Å². The molecule has 0 atom stereocenters. The molecule has 0 saturated heterocycles. The summed E-state index contributed by atoms with van der Waals surface area (Å²) >= 11 is 0. The summed E-state index contributed by atoms with van der Waals surface area (Å²) in [6.45, 7) is 0.987. The number of alkyl halides is 5. The molecule has 0 aliphatic rings. The second kappa shape index (κ2) is 4.31. The Hall–Kier alpha value is -1.66. The second-order valence-corrected chi connectivity index (χ2v) is 3.38. The molecule has 17 heavy (non-hydrogen) atoms. The molecule has 0 aliphatic carbocycles. The highest BCUT2D eigenvalue weighted by Gasteiger charge is 2.35. The molecule has 94 valence electrons. The van der Waals surface area contributed by atoms with Crippen LogP contribution in [0.1, 0.15) is 34.8 Å². The molecule has 0 saturated carbocycles. The van der Waals surface area contributed by atoms with Crippen LogP contribution in [-0.4, -0.2) is 5.78 Å². The predicted octanol–water partition coefficient (Wildman–Crippen LogP) is 3.43. The number of hydrogen-bond donors (Lipinski definition) is 1. The van der Waals surface area contributed by atoms with Crippen LogP contribution in [0.4, 0.5) is 27.6 Å². The molecule has 2 N–H and O–H groups in total. The lowest BCUT2D eigenvalue weighted by atomic mass is 10.0. The van der Waals surface area contributed by atoms with E-state index in [2.05, 4.69) is 0 Å². The highest BCUT2D eigenvalue weighted by molar-refractivity contribution is 5.95. The monoisotopic (exact) mass is 253 g/mol. The van der Waals surface area contributed by atoms with E-state index >= 15 is 0 Å². The minimum atomic E-state index is -4.88. The quantitative estimate of drug-likeness (QED) is 0.498. The van der Waals surface area contributed by atoms with Crippen molar-refractivity contribution in [2.24, 2.45) is 0 Å². The van der Waals surface area contributed by atoms with Crippen LogP contribution in [0.15, 0.2) is 12.1 Å². The summed E-state index contributed by atoms with van der Waals surface area (Å²) in [5, 5.41) is 0.